The first kappa shape index (κ1) is 9.98. The van der Waals surface area contributed by atoms with E-state index in [2.05, 4.69) is 11.4 Å². The Hall–Kier alpha value is -0.550. The predicted molar refractivity (Wildman–Crippen MR) is 56.7 cm³/mol. The first-order chi connectivity index (χ1) is 6.90. The van der Waals surface area contributed by atoms with Gasteiger partial charge in [0.2, 0.25) is 0 Å². The van der Waals surface area contributed by atoms with Crippen molar-refractivity contribution < 1.29 is 0 Å². The Labute approximate surface area is 86.7 Å². The maximum Gasteiger partial charge on any atom is 0.0672 e. The average molecular weight is 192 g/mol. The van der Waals surface area contributed by atoms with E-state index in [1.807, 2.05) is 0 Å². The standard InChI is InChI=1S/C12H20N2/c13-8-11-6-1-2-7-12(11)14-9-10-4-3-5-10/h10-12,14H,1-7,9H2. The van der Waals surface area contributed by atoms with E-state index in [1.54, 1.807) is 0 Å². The second-order valence-electron chi connectivity index (χ2n) is 4.83. The van der Waals surface area contributed by atoms with Crippen molar-refractivity contribution in [2.75, 3.05) is 6.54 Å². The molecule has 0 bridgehead atoms. The van der Waals surface area contributed by atoms with Gasteiger partial charge in [-0.1, -0.05) is 19.3 Å². The van der Waals surface area contributed by atoms with Gasteiger partial charge in [0, 0.05) is 6.04 Å². The molecule has 2 aliphatic carbocycles. The summed E-state index contributed by atoms with van der Waals surface area (Å²) in [5.74, 6) is 1.19. The van der Waals surface area contributed by atoms with Gasteiger partial charge in [-0.05, 0) is 38.1 Å². The maximum absolute atomic E-state index is 9.01. The molecule has 0 amide bonds. The van der Waals surface area contributed by atoms with Gasteiger partial charge in [-0.3, -0.25) is 0 Å². The summed E-state index contributed by atoms with van der Waals surface area (Å²) < 4.78 is 0. The highest BCUT2D eigenvalue weighted by Crippen LogP contribution is 2.27. The van der Waals surface area contributed by atoms with Crippen LogP contribution in [0.15, 0.2) is 0 Å². The van der Waals surface area contributed by atoms with Crippen molar-refractivity contribution in [1.29, 1.82) is 5.26 Å². The Morgan fingerprint density at radius 1 is 1.07 bits per heavy atom. The molecular formula is C12H20N2. The largest absolute Gasteiger partial charge is 0.312 e. The molecule has 0 aromatic carbocycles. The molecule has 0 aromatic rings. The Morgan fingerprint density at radius 3 is 2.50 bits per heavy atom. The van der Waals surface area contributed by atoms with Crippen molar-refractivity contribution in [3.63, 3.8) is 0 Å². The molecule has 78 valence electrons. The van der Waals surface area contributed by atoms with Crippen molar-refractivity contribution in [3.05, 3.63) is 0 Å². The number of rotatable bonds is 3. The summed E-state index contributed by atoms with van der Waals surface area (Å²) in [7, 11) is 0. The van der Waals surface area contributed by atoms with Gasteiger partial charge in [-0.15, -0.1) is 0 Å². The predicted octanol–water partition coefficient (Wildman–Crippen LogP) is 2.46. The number of nitrogens with one attached hydrogen (secondary N) is 1. The van der Waals surface area contributed by atoms with Crippen LogP contribution >= 0.6 is 0 Å². The summed E-state index contributed by atoms with van der Waals surface area (Å²) in [4.78, 5) is 0. The number of hydrogen-bond donors (Lipinski definition) is 1. The van der Waals surface area contributed by atoms with Crippen LogP contribution in [0.25, 0.3) is 0 Å². The fourth-order valence-electron chi connectivity index (χ4n) is 2.54. The van der Waals surface area contributed by atoms with Crippen LogP contribution in [0.3, 0.4) is 0 Å². The molecule has 2 saturated carbocycles. The van der Waals surface area contributed by atoms with Crippen molar-refractivity contribution in [1.82, 2.24) is 5.32 Å². The van der Waals surface area contributed by atoms with E-state index in [1.165, 1.54) is 38.5 Å². The molecule has 2 rings (SSSR count). The van der Waals surface area contributed by atoms with E-state index >= 15 is 0 Å². The third-order valence-electron chi connectivity index (χ3n) is 3.83. The highest BCUT2D eigenvalue weighted by atomic mass is 14.9. The fraction of sp³-hybridized carbons (Fsp3) is 0.917. The molecular weight excluding hydrogens is 172 g/mol. The lowest BCUT2D eigenvalue weighted by atomic mass is 9.82. The molecule has 0 spiro atoms. The van der Waals surface area contributed by atoms with Crippen LogP contribution in [0, 0.1) is 23.2 Å². The maximum atomic E-state index is 9.01. The summed E-state index contributed by atoms with van der Waals surface area (Å²) in [6.07, 6.45) is 9.09. The summed E-state index contributed by atoms with van der Waals surface area (Å²) >= 11 is 0. The molecule has 0 aromatic heterocycles. The minimum absolute atomic E-state index is 0.281. The molecule has 1 N–H and O–H groups in total. The third kappa shape index (κ3) is 2.27. The molecule has 2 atom stereocenters. The lowest BCUT2D eigenvalue weighted by Gasteiger charge is -2.32. The van der Waals surface area contributed by atoms with Gasteiger partial charge in [0.1, 0.15) is 0 Å². The lowest BCUT2D eigenvalue weighted by Crippen LogP contribution is -2.41. The van der Waals surface area contributed by atoms with E-state index in [9.17, 15) is 0 Å². The zero-order chi connectivity index (χ0) is 9.80. The molecule has 2 nitrogen and oxygen atoms in total. The van der Waals surface area contributed by atoms with Gasteiger partial charge in [0.15, 0.2) is 0 Å². The van der Waals surface area contributed by atoms with E-state index < -0.39 is 0 Å². The smallest absolute Gasteiger partial charge is 0.0672 e. The Bertz CT molecular complexity index is 215. The summed E-state index contributed by atoms with van der Waals surface area (Å²) in [6, 6.07) is 2.95. The third-order valence-corrected chi connectivity index (χ3v) is 3.83. The summed E-state index contributed by atoms with van der Waals surface area (Å²) in [5, 5.41) is 12.6. The molecule has 0 aliphatic heterocycles. The number of nitrogens with zero attached hydrogens (tertiary/aromatic N) is 1. The van der Waals surface area contributed by atoms with Crippen LogP contribution in [0.4, 0.5) is 0 Å². The van der Waals surface area contributed by atoms with Crippen molar-refractivity contribution in [3.8, 4) is 6.07 Å². The zero-order valence-corrected chi connectivity index (χ0v) is 8.84. The molecule has 14 heavy (non-hydrogen) atoms. The molecule has 2 aliphatic rings. The van der Waals surface area contributed by atoms with Gasteiger partial charge in [-0.2, -0.15) is 5.26 Å². The van der Waals surface area contributed by atoms with Gasteiger partial charge < -0.3 is 5.32 Å². The van der Waals surface area contributed by atoms with Gasteiger partial charge >= 0.3 is 0 Å². The first-order valence-corrected chi connectivity index (χ1v) is 6.03. The number of hydrogen-bond acceptors (Lipinski definition) is 2. The normalized spacial score (nSPS) is 33.4. The summed E-state index contributed by atoms with van der Waals surface area (Å²) in [5.41, 5.74) is 0. The van der Waals surface area contributed by atoms with Crippen LogP contribution in [0.1, 0.15) is 44.9 Å². The highest BCUT2D eigenvalue weighted by Gasteiger charge is 2.26. The van der Waals surface area contributed by atoms with Crippen LogP contribution in [0.2, 0.25) is 0 Å². The first-order valence-electron chi connectivity index (χ1n) is 6.03. The van der Waals surface area contributed by atoms with Crippen LogP contribution in [-0.4, -0.2) is 12.6 Å². The minimum atomic E-state index is 0.281. The minimum Gasteiger partial charge on any atom is -0.312 e. The van der Waals surface area contributed by atoms with E-state index in [4.69, 9.17) is 5.26 Å². The van der Waals surface area contributed by atoms with Gasteiger partial charge in [0.05, 0.1) is 12.0 Å². The zero-order valence-electron chi connectivity index (χ0n) is 8.84. The molecule has 0 radical (unpaired) electrons. The second-order valence-corrected chi connectivity index (χ2v) is 4.83. The molecule has 2 heteroatoms. The van der Waals surface area contributed by atoms with Crippen LogP contribution < -0.4 is 5.32 Å². The lowest BCUT2D eigenvalue weighted by molar-refractivity contribution is 0.250. The topological polar surface area (TPSA) is 35.8 Å². The van der Waals surface area contributed by atoms with Crippen molar-refractivity contribution in [2.45, 2.75) is 51.0 Å². The Kier molecular flexibility index (Phi) is 3.42. The molecule has 0 saturated heterocycles. The summed E-state index contributed by atoms with van der Waals surface area (Å²) in [6.45, 7) is 1.16. The van der Waals surface area contributed by atoms with Gasteiger partial charge in [-0.25, -0.2) is 0 Å². The van der Waals surface area contributed by atoms with E-state index in [-0.39, 0.29) is 5.92 Å². The average Bonchev–Trinajstić information content (AvgIpc) is 2.16. The number of nitriles is 1. The second kappa shape index (κ2) is 4.79. The monoisotopic (exact) mass is 192 g/mol. The van der Waals surface area contributed by atoms with Crippen molar-refractivity contribution >= 4 is 0 Å². The highest BCUT2D eigenvalue weighted by molar-refractivity contribution is 4.94. The van der Waals surface area contributed by atoms with Crippen LogP contribution in [0.5, 0.6) is 0 Å². The molecule has 2 fully saturated rings. The van der Waals surface area contributed by atoms with Crippen LogP contribution in [-0.2, 0) is 0 Å². The fourth-order valence-corrected chi connectivity index (χ4v) is 2.54. The Balaban J connectivity index is 1.73. The van der Waals surface area contributed by atoms with E-state index in [0.717, 1.165) is 18.9 Å². The quantitative estimate of drug-likeness (QED) is 0.745. The molecule has 2 unspecified atom stereocenters. The van der Waals surface area contributed by atoms with Crippen molar-refractivity contribution in [2.24, 2.45) is 11.8 Å². The van der Waals surface area contributed by atoms with E-state index in [0.29, 0.717) is 6.04 Å². The Morgan fingerprint density at radius 2 is 1.86 bits per heavy atom. The van der Waals surface area contributed by atoms with Gasteiger partial charge in [0.25, 0.3) is 0 Å². The molecule has 0 heterocycles. The SMILES string of the molecule is N#CC1CCCCC1NCC1CCC1.